The summed E-state index contributed by atoms with van der Waals surface area (Å²) in [5.74, 6) is 0.169. The monoisotopic (exact) mass is 290 g/mol. The average Bonchev–Trinajstić information content (AvgIpc) is 2.91. The summed E-state index contributed by atoms with van der Waals surface area (Å²) in [5, 5.41) is 7.45. The minimum absolute atomic E-state index is 0.169. The Morgan fingerprint density at radius 2 is 2.33 bits per heavy atom. The number of likely N-dealkylation sites (N-methyl/N-ethyl adjacent to an activating group) is 1. The van der Waals surface area contributed by atoms with E-state index in [4.69, 9.17) is 0 Å². The average molecular weight is 290 g/mol. The van der Waals surface area contributed by atoms with Crippen molar-refractivity contribution >= 4 is 5.91 Å². The highest BCUT2D eigenvalue weighted by Crippen LogP contribution is 2.20. The van der Waals surface area contributed by atoms with Gasteiger partial charge in [0.1, 0.15) is 0 Å². The fourth-order valence-corrected chi connectivity index (χ4v) is 2.68. The third-order valence-corrected chi connectivity index (χ3v) is 3.79. The molecule has 0 saturated carbocycles. The Labute approximate surface area is 127 Å². The number of rotatable bonds is 7. The number of carbonyl (C=O) groups excluding carboxylic acids is 1. The molecule has 1 aromatic heterocycles. The molecule has 1 amide bonds. The molecule has 116 valence electrons. The van der Waals surface area contributed by atoms with Gasteiger partial charge in [-0.15, -0.1) is 0 Å². The second-order valence-electron chi connectivity index (χ2n) is 5.54. The summed E-state index contributed by atoms with van der Waals surface area (Å²) in [5.41, 5.74) is 2.37. The normalized spacial score (nSPS) is 14.9. The molecule has 0 bridgehead atoms. The van der Waals surface area contributed by atoms with Crippen LogP contribution in [0.15, 0.2) is 24.2 Å². The van der Waals surface area contributed by atoms with E-state index >= 15 is 0 Å². The molecule has 0 aromatic carbocycles. The number of carbonyl (C=O) groups is 1. The van der Waals surface area contributed by atoms with E-state index in [0.29, 0.717) is 6.54 Å². The maximum atomic E-state index is 12.3. The predicted molar refractivity (Wildman–Crippen MR) is 83.8 cm³/mol. The van der Waals surface area contributed by atoms with E-state index in [2.05, 4.69) is 16.5 Å². The van der Waals surface area contributed by atoms with E-state index in [1.54, 1.807) is 0 Å². The molecule has 1 aliphatic carbocycles. The largest absolute Gasteiger partial charge is 0.316 e. The molecule has 0 aliphatic heterocycles. The summed E-state index contributed by atoms with van der Waals surface area (Å²) in [4.78, 5) is 14.2. The Hall–Kier alpha value is -1.62. The van der Waals surface area contributed by atoms with Gasteiger partial charge in [0.15, 0.2) is 0 Å². The molecule has 21 heavy (non-hydrogen) atoms. The van der Waals surface area contributed by atoms with Crippen LogP contribution in [0, 0.1) is 6.92 Å². The van der Waals surface area contributed by atoms with Crippen LogP contribution < -0.4 is 5.32 Å². The first-order chi connectivity index (χ1) is 10.2. The molecule has 1 aromatic rings. The van der Waals surface area contributed by atoms with Gasteiger partial charge in [0.05, 0.1) is 19.3 Å². The van der Waals surface area contributed by atoms with Crippen molar-refractivity contribution in [2.75, 3.05) is 19.6 Å². The van der Waals surface area contributed by atoms with E-state index in [-0.39, 0.29) is 5.91 Å². The number of hydrogen-bond acceptors (Lipinski definition) is 3. The smallest absolute Gasteiger partial charge is 0.240 e. The summed E-state index contributed by atoms with van der Waals surface area (Å²) >= 11 is 0. The number of aromatic nitrogens is 2. The highest BCUT2D eigenvalue weighted by atomic mass is 16.2. The SMILES string of the molecule is CCN(C(=O)CNCCn1cc(C)cn1)C1=CCCCC1. The molecular weight excluding hydrogens is 264 g/mol. The van der Waals surface area contributed by atoms with E-state index in [0.717, 1.165) is 38.0 Å². The number of nitrogens with one attached hydrogen (secondary N) is 1. The van der Waals surface area contributed by atoms with E-state index < -0.39 is 0 Å². The first-order valence-electron chi connectivity index (χ1n) is 7.90. The standard InChI is InChI=1S/C16H26N4O/c1-3-20(15-7-5-4-6-8-15)16(21)12-17-9-10-19-13-14(2)11-18-19/h7,11,13,17H,3-6,8-10,12H2,1-2H3. The van der Waals surface area contributed by atoms with Crippen LogP contribution in [0.5, 0.6) is 0 Å². The van der Waals surface area contributed by atoms with Gasteiger partial charge in [0.2, 0.25) is 5.91 Å². The van der Waals surface area contributed by atoms with E-state index in [1.165, 1.54) is 18.5 Å². The molecule has 0 unspecified atom stereocenters. The van der Waals surface area contributed by atoms with Crippen LogP contribution in [-0.2, 0) is 11.3 Å². The van der Waals surface area contributed by atoms with Gasteiger partial charge in [-0.2, -0.15) is 5.10 Å². The van der Waals surface area contributed by atoms with Crippen molar-refractivity contribution in [3.8, 4) is 0 Å². The minimum Gasteiger partial charge on any atom is -0.316 e. The molecule has 1 N–H and O–H groups in total. The van der Waals surface area contributed by atoms with Crippen LogP contribution in [0.4, 0.5) is 0 Å². The van der Waals surface area contributed by atoms with Gasteiger partial charge in [-0.3, -0.25) is 9.48 Å². The number of aryl methyl sites for hydroxylation is 1. The van der Waals surface area contributed by atoms with Gasteiger partial charge >= 0.3 is 0 Å². The second kappa shape index (κ2) is 7.98. The Kier molecular flexibility index (Phi) is 5.99. The summed E-state index contributed by atoms with van der Waals surface area (Å²) in [6, 6.07) is 0. The number of allylic oxidation sites excluding steroid dienone is 2. The molecule has 5 heteroatoms. The van der Waals surface area contributed by atoms with Crippen molar-refractivity contribution in [1.29, 1.82) is 0 Å². The van der Waals surface area contributed by atoms with Gasteiger partial charge in [0, 0.05) is 25.0 Å². The van der Waals surface area contributed by atoms with E-state index in [9.17, 15) is 4.79 Å². The molecule has 0 saturated heterocycles. The van der Waals surface area contributed by atoms with Gasteiger partial charge in [-0.05, 0) is 45.1 Å². The van der Waals surface area contributed by atoms with Crippen LogP contribution >= 0.6 is 0 Å². The third kappa shape index (κ3) is 4.70. The highest BCUT2D eigenvalue weighted by molar-refractivity contribution is 5.80. The maximum Gasteiger partial charge on any atom is 0.240 e. The summed E-state index contributed by atoms with van der Waals surface area (Å²) < 4.78 is 1.90. The quantitative estimate of drug-likeness (QED) is 0.782. The van der Waals surface area contributed by atoms with Crippen LogP contribution in [0.1, 0.15) is 38.2 Å². The van der Waals surface area contributed by atoms with Crippen LogP contribution in [0.25, 0.3) is 0 Å². The topological polar surface area (TPSA) is 50.2 Å². The summed E-state index contributed by atoms with van der Waals surface area (Å²) in [6.07, 6.45) is 10.7. The molecule has 0 fully saturated rings. The third-order valence-electron chi connectivity index (χ3n) is 3.79. The lowest BCUT2D eigenvalue weighted by molar-refractivity contribution is -0.128. The Balaban J connectivity index is 1.73. The van der Waals surface area contributed by atoms with Crippen molar-refractivity contribution in [1.82, 2.24) is 20.0 Å². The second-order valence-corrected chi connectivity index (χ2v) is 5.54. The zero-order valence-electron chi connectivity index (χ0n) is 13.1. The van der Waals surface area contributed by atoms with Crippen LogP contribution in [0.2, 0.25) is 0 Å². The van der Waals surface area contributed by atoms with Gasteiger partial charge in [-0.1, -0.05) is 6.08 Å². The highest BCUT2D eigenvalue weighted by Gasteiger charge is 2.17. The van der Waals surface area contributed by atoms with Crippen molar-refractivity contribution in [3.05, 3.63) is 29.7 Å². The molecule has 1 aliphatic rings. The zero-order valence-corrected chi connectivity index (χ0v) is 13.1. The van der Waals surface area contributed by atoms with E-state index in [1.807, 2.05) is 35.8 Å². The van der Waals surface area contributed by atoms with Crippen molar-refractivity contribution in [3.63, 3.8) is 0 Å². The molecule has 2 rings (SSSR count). The van der Waals surface area contributed by atoms with Gasteiger partial charge in [-0.25, -0.2) is 0 Å². The molecule has 1 heterocycles. The van der Waals surface area contributed by atoms with Gasteiger partial charge < -0.3 is 10.2 Å². The zero-order chi connectivity index (χ0) is 15.1. The van der Waals surface area contributed by atoms with Crippen molar-refractivity contribution < 1.29 is 4.79 Å². The Morgan fingerprint density at radius 1 is 1.48 bits per heavy atom. The summed E-state index contributed by atoms with van der Waals surface area (Å²) in [6.45, 7) is 6.76. The maximum absolute atomic E-state index is 12.3. The molecule has 0 radical (unpaired) electrons. The molecule has 0 atom stereocenters. The lowest BCUT2D eigenvalue weighted by Gasteiger charge is -2.26. The van der Waals surface area contributed by atoms with Crippen LogP contribution in [-0.4, -0.2) is 40.2 Å². The number of hydrogen-bond donors (Lipinski definition) is 1. The number of amides is 1. The molecule has 5 nitrogen and oxygen atoms in total. The fraction of sp³-hybridized carbons (Fsp3) is 0.625. The minimum atomic E-state index is 0.169. The first kappa shape index (κ1) is 15.8. The van der Waals surface area contributed by atoms with Crippen molar-refractivity contribution in [2.45, 2.75) is 46.1 Å². The Morgan fingerprint density at radius 3 is 2.95 bits per heavy atom. The number of nitrogens with zero attached hydrogens (tertiary/aromatic N) is 3. The van der Waals surface area contributed by atoms with Crippen molar-refractivity contribution in [2.24, 2.45) is 0 Å². The Bertz CT molecular complexity index is 492. The van der Waals surface area contributed by atoms with Crippen LogP contribution in [0.3, 0.4) is 0 Å². The lowest BCUT2D eigenvalue weighted by atomic mass is 10.0. The first-order valence-corrected chi connectivity index (χ1v) is 7.90. The summed E-state index contributed by atoms with van der Waals surface area (Å²) in [7, 11) is 0. The lowest BCUT2D eigenvalue weighted by Crippen LogP contribution is -2.38. The molecular formula is C16H26N4O. The predicted octanol–water partition coefficient (Wildman–Crippen LogP) is 2.09. The molecule has 0 spiro atoms. The van der Waals surface area contributed by atoms with Gasteiger partial charge in [0.25, 0.3) is 0 Å². The fourth-order valence-electron chi connectivity index (χ4n) is 2.68.